The number of thiocarbonyl (C=S) groups is 1. The monoisotopic (exact) mass is 292 g/mol. The number of nitrogens with one attached hydrogen (secondary N) is 1. The van der Waals surface area contributed by atoms with E-state index in [4.69, 9.17) is 22.7 Å². The molecule has 1 aromatic rings. The van der Waals surface area contributed by atoms with Gasteiger partial charge in [0.2, 0.25) is 5.91 Å². The second-order valence-corrected chi connectivity index (χ2v) is 5.56. The quantitative estimate of drug-likeness (QED) is 0.819. The molecule has 0 aromatic heterocycles. The Bertz CT molecular complexity index is 511. The molecule has 1 unspecified atom stereocenters. The molecule has 1 fully saturated rings. The molecule has 0 radical (unpaired) electrons. The van der Waals surface area contributed by atoms with Crippen LogP contribution in [0.5, 0.6) is 0 Å². The van der Waals surface area contributed by atoms with E-state index in [1.807, 2.05) is 25.1 Å². The van der Waals surface area contributed by atoms with Crippen molar-refractivity contribution in [2.24, 2.45) is 5.73 Å². The predicted octanol–water partition coefficient (Wildman–Crippen LogP) is 2.53. The van der Waals surface area contributed by atoms with Crippen LogP contribution in [-0.4, -0.2) is 23.6 Å². The van der Waals surface area contributed by atoms with E-state index in [0.717, 1.165) is 42.7 Å². The number of aryl methyl sites for hydroxylation is 1. The van der Waals surface area contributed by atoms with Crippen molar-refractivity contribution in [3.05, 3.63) is 29.3 Å². The molecule has 1 saturated heterocycles. The van der Waals surface area contributed by atoms with Crippen LogP contribution in [0.1, 0.15) is 36.8 Å². The van der Waals surface area contributed by atoms with Crippen LogP contribution in [0.15, 0.2) is 18.2 Å². The average molecular weight is 292 g/mol. The van der Waals surface area contributed by atoms with Gasteiger partial charge in [0.1, 0.15) is 4.99 Å². The Balaban J connectivity index is 1.92. The summed E-state index contributed by atoms with van der Waals surface area (Å²) in [5.74, 6) is 0.00342. The summed E-state index contributed by atoms with van der Waals surface area (Å²) in [6, 6.07) is 5.59. The van der Waals surface area contributed by atoms with Gasteiger partial charge in [0.25, 0.3) is 0 Å². The van der Waals surface area contributed by atoms with Gasteiger partial charge >= 0.3 is 0 Å². The summed E-state index contributed by atoms with van der Waals surface area (Å²) >= 11 is 4.95. The zero-order valence-corrected chi connectivity index (χ0v) is 12.5. The van der Waals surface area contributed by atoms with Gasteiger partial charge in [-0.15, -0.1) is 0 Å². The number of carbonyl (C=O) groups is 1. The number of nitrogens with two attached hydrogens (primary N) is 1. The number of hydrogen-bond donors (Lipinski definition) is 2. The second kappa shape index (κ2) is 6.81. The highest BCUT2D eigenvalue weighted by molar-refractivity contribution is 7.80. The lowest BCUT2D eigenvalue weighted by atomic mass is 10.1. The maximum absolute atomic E-state index is 12.0. The number of amides is 1. The van der Waals surface area contributed by atoms with E-state index in [0.29, 0.717) is 11.4 Å². The highest BCUT2D eigenvalue weighted by Crippen LogP contribution is 2.19. The predicted molar refractivity (Wildman–Crippen MR) is 83.9 cm³/mol. The van der Waals surface area contributed by atoms with Crippen molar-refractivity contribution in [3.8, 4) is 0 Å². The fourth-order valence-corrected chi connectivity index (χ4v) is 2.41. The topological polar surface area (TPSA) is 64.3 Å². The minimum atomic E-state index is 0.00342. The number of carbonyl (C=O) groups excluding carboxylic acids is 1. The first-order valence-electron chi connectivity index (χ1n) is 6.88. The molecule has 0 spiro atoms. The van der Waals surface area contributed by atoms with Crippen molar-refractivity contribution in [2.75, 3.05) is 11.9 Å². The van der Waals surface area contributed by atoms with Crippen LogP contribution >= 0.6 is 12.2 Å². The Kier molecular flexibility index (Phi) is 5.09. The molecule has 2 rings (SSSR count). The van der Waals surface area contributed by atoms with Crippen molar-refractivity contribution < 1.29 is 9.53 Å². The molecule has 1 aliphatic heterocycles. The molecule has 1 amide bonds. The smallest absolute Gasteiger partial charge is 0.224 e. The van der Waals surface area contributed by atoms with E-state index >= 15 is 0 Å². The van der Waals surface area contributed by atoms with Crippen LogP contribution < -0.4 is 11.1 Å². The van der Waals surface area contributed by atoms with Crippen LogP contribution in [0, 0.1) is 6.92 Å². The standard InChI is InChI=1S/C15H20N2O2S/c1-10-4-5-11(15(16)20)9-13(10)17-14(18)7-6-12-3-2-8-19-12/h4-5,9,12H,2-3,6-8H2,1H3,(H2,16,20)(H,17,18). The molecular formula is C15H20N2O2S. The lowest BCUT2D eigenvalue weighted by Crippen LogP contribution is -2.17. The molecular weight excluding hydrogens is 272 g/mol. The first-order valence-corrected chi connectivity index (χ1v) is 7.29. The Hall–Kier alpha value is -1.46. The van der Waals surface area contributed by atoms with Crippen LogP contribution in [0.4, 0.5) is 5.69 Å². The van der Waals surface area contributed by atoms with Crippen molar-refractivity contribution in [3.63, 3.8) is 0 Å². The third-order valence-electron chi connectivity index (χ3n) is 3.51. The van der Waals surface area contributed by atoms with Crippen LogP contribution in [0.2, 0.25) is 0 Å². The first-order chi connectivity index (χ1) is 9.56. The van der Waals surface area contributed by atoms with Gasteiger partial charge in [-0.1, -0.05) is 24.4 Å². The van der Waals surface area contributed by atoms with E-state index in [2.05, 4.69) is 5.32 Å². The first kappa shape index (κ1) is 14.9. The molecule has 1 atom stereocenters. The van der Waals surface area contributed by atoms with E-state index in [-0.39, 0.29) is 12.0 Å². The minimum Gasteiger partial charge on any atom is -0.389 e. The number of ether oxygens (including phenoxy) is 1. The van der Waals surface area contributed by atoms with Gasteiger partial charge in [-0.05, 0) is 37.8 Å². The highest BCUT2D eigenvalue weighted by Gasteiger charge is 2.17. The van der Waals surface area contributed by atoms with Gasteiger partial charge in [0.05, 0.1) is 6.10 Å². The largest absolute Gasteiger partial charge is 0.389 e. The van der Waals surface area contributed by atoms with Crippen molar-refractivity contribution in [2.45, 2.75) is 38.7 Å². The molecule has 4 nitrogen and oxygen atoms in total. The molecule has 108 valence electrons. The zero-order valence-electron chi connectivity index (χ0n) is 11.6. The van der Waals surface area contributed by atoms with Crippen molar-refractivity contribution >= 4 is 28.8 Å². The number of benzene rings is 1. The summed E-state index contributed by atoms with van der Waals surface area (Å²) < 4.78 is 5.51. The lowest BCUT2D eigenvalue weighted by Gasteiger charge is -2.12. The Morgan fingerprint density at radius 2 is 2.35 bits per heavy atom. The third kappa shape index (κ3) is 4.02. The fraction of sp³-hybridized carbons (Fsp3) is 0.467. The summed E-state index contributed by atoms with van der Waals surface area (Å²) in [5, 5.41) is 2.92. The molecule has 20 heavy (non-hydrogen) atoms. The van der Waals surface area contributed by atoms with Gasteiger partial charge in [-0.2, -0.15) is 0 Å². The molecule has 3 N–H and O–H groups in total. The summed E-state index contributed by atoms with van der Waals surface area (Å²) in [6.07, 6.45) is 3.65. The van der Waals surface area contributed by atoms with Gasteiger partial charge in [-0.3, -0.25) is 4.79 Å². The Morgan fingerprint density at radius 1 is 1.55 bits per heavy atom. The van der Waals surface area contributed by atoms with Crippen LogP contribution in [0.3, 0.4) is 0 Å². The third-order valence-corrected chi connectivity index (χ3v) is 3.75. The summed E-state index contributed by atoms with van der Waals surface area (Å²) in [4.78, 5) is 12.3. The van der Waals surface area contributed by atoms with E-state index in [1.54, 1.807) is 0 Å². The molecule has 1 aliphatic rings. The molecule has 0 saturated carbocycles. The van der Waals surface area contributed by atoms with Crippen molar-refractivity contribution in [1.29, 1.82) is 0 Å². The lowest BCUT2D eigenvalue weighted by molar-refractivity contribution is -0.116. The van der Waals surface area contributed by atoms with E-state index < -0.39 is 0 Å². The maximum atomic E-state index is 12.0. The normalized spacial score (nSPS) is 17.9. The zero-order chi connectivity index (χ0) is 14.5. The van der Waals surface area contributed by atoms with E-state index in [9.17, 15) is 4.79 Å². The van der Waals surface area contributed by atoms with Gasteiger partial charge in [0.15, 0.2) is 0 Å². The second-order valence-electron chi connectivity index (χ2n) is 5.12. The van der Waals surface area contributed by atoms with Crippen LogP contribution in [-0.2, 0) is 9.53 Å². The highest BCUT2D eigenvalue weighted by atomic mass is 32.1. The minimum absolute atomic E-state index is 0.00342. The SMILES string of the molecule is Cc1ccc(C(N)=S)cc1NC(=O)CCC1CCCO1. The Morgan fingerprint density at radius 3 is 3.00 bits per heavy atom. The molecule has 0 aliphatic carbocycles. The van der Waals surface area contributed by atoms with E-state index in [1.165, 1.54) is 0 Å². The number of rotatable bonds is 5. The van der Waals surface area contributed by atoms with Crippen LogP contribution in [0.25, 0.3) is 0 Å². The van der Waals surface area contributed by atoms with Gasteiger partial charge in [0, 0.05) is 24.3 Å². The fourth-order valence-electron chi connectivity index (χ4n) is 2.29. The molecule has 0 bridgehead atoms. The maximum Gasteiger partial charge on any atom is 0.224 e. The molecule has 1 heterocycles. The summed E-state index contributed by atoms with van der Waals surface area (Å²) in [5.41, 5.74) is 8.14. The average Bonchev–Trinajstić information content (AvgIpc) is 2.92. The van der Waals surface area contributed by atoms with Crippen molar-refractivity contribution in [1.82, 2.24) is 0 Å². The van der Waals surface area contributed by atoms with Gasteiger partial charge in [-0.25, -0.2) is 0 Å². The Labute approximate surface area is 124 Å². The van der Waals surface area contributed by atoms with Gasteiger partial charge < -0.3 is 15.8 Å². The number of anilines is 1. The summed E-state index contributed by atoms with van der Waals surface area (Å²) in [6.45, 7) is 2.76. The molecule has 5 heteroatoms. The summed E-state index contributed by atoms with van der Waals surface area (Å²) in [7, 11) is 0. The number of hydrogen-bond acceptors (Lipinski definition) is 3. The molecule has 1 aromatic carbocycles.